The first-order valence-corrected chi connectivity index (χ1v) is 6.45. The smallest absolute Gasteiger partial charge is 0.130 e. The Bertz CT molecular complexity index is 599. The minimum absolute atomic E-state index is 0.325. The molecule has 0 aromatic heterocycles. The molecule has 1 atom stereocenters. The van der Waals surface area contributed by atoms with Crippen molar-refractivity contribution in [3.8, 4) is 0 Å². The van der Waals surface area contributed by atoms with E-state index in [1.165, 1.54) is 12.1 Å². The van der Waals surface area contributed by atoms with Crippen LogP contribution in [0.1, 0.15) is 17.2 Å². The van der Waals surface area contributed by atoms with Gasteiger partial charge < -0.3 is 10.6 Å². The van der Waals surface area contributed by atoms with Gasteiger partial charge in [-0.1, -0.05) is 18.2 Å². The van der Waals surface area contributed by atoms with Crippen molar-refractivity contribution in [2.24, 2.45) is 5.73 Å². The van der Waals surface area contributed by atoms with Crippen LogP contribution in [0.15, 0.2) is 42.5 Å². The van der Waals surface area contributed by atoms with Gasteiger partial charge in [-0.2, -0.15) is 0 Å². The molecule has 0 aliphatic heterocycles. The quantitative estimate of drug-likeness (QED) is 0.927. The highest BCUT2D eigenvalue weighted by Gasteiger charge is 2.14. The van der Waals surface area contributed by atoms with E-state index in [2.05, 4.69) is 0 Å². The second-order valence-electron chi connectivity index (χ2n) is 4.99. The first-order valence-electron chi connectivity index (χ1n) is 6.45. The Hall–Kier alpha value is -1.94. The lowest BCUT2D eigenvalue weighted by molar-refractivity contribution is 0.554. The highest BCUT2D eigenvalue weighted by molar-refractivity contribution is 5.48. The molecule has 0 fully saturated rings. The number of hydrogen-bond donors (Lipinski definition) is 1. The molecule has 2 aromatic rings. The van der Waals surface area contributed by atoms with Gasteiger partial charge in [0.1, 0.15) is 11.6 Å². The maximum Gasteiger partial charge on any atom is 0.130 e. The molecule has 0 aliphatic rings. The van der Waals surface area contributed by atoms with E-state index >= 15 is 0 Å². The van der Waals surface area contributed by atoms with Crippen molar-refractivity contribution in [1.82, 2.24) is 0 Å². The Balaban J connectivity index is 2.12. The van der Waals surface area contributed by atoms with Gasteiger partial charge in [0, 0.05) is 30.9 Å². The summed E-state index contributed by atoms with van der Waals surface area (Å²) in [5, 5.41) is 0. The van der Waals surface area contributed by atoms with Crippen LogP contribution in [0.4, 0.5) is 14.5 Å². The molecule has 2 aromatic carbocycles. The molecule has 2 N–H and O–H groups in total. The van der Waals surface area contributed by atoms with Crippen LogP contribution in [-0.4, -0.2) is 13.6 Å². The predicted molar refractivity (Wildman–Crippen MR) is 77.7 cm³/mol. The van der Waals surface area contributed by atoms with Crippen molar-refractivity contribution >= 4 is 5.69 Å². The van der Waals surface area contributed by atoms with Gasteiger partial charge in [0.15, 0.2) is 0 Å². The summed E-state index contributed by atoms with van der Waals surface area (Å²) < 4.78 is 26.6. The van der Waals surface area contributed by atoms with E-state index in [1.807, 2.05) is 43.1 Å². The van der Waals surface area contributed by atoms with E-state index in [1.54, 1.807) is 0 Å². The fourth-order valence-corrected chi connectivity index (χ4v) is 2.17. The normalized spacial score (nSPS) is 12.2. The molecule has 2 rings (SSSR count). The molecule has 0 heterocycles. The number of likely N-dealkylation sites (N-methyl/N-ethyl adjacent to an activating group) is 1. The average molecular weight is 276 g/mol. The number of aryl methyl sites for hydroxylation is 1. The summed E-state index contributed by atoms with van der Waals surface area (Å²) in [6.07, 6.45) is 0. The standard InChI is InChI=1S/C16H18F2N2/c1-11-4-3-5-13(8-11)20(2)10-16(19)14-7-6-12(17)9-15(14)18/h3-9,16H,10,19H2,1-2H3. The third kappa shape index (κ3) is 3.33. The van der Waals surface area contributed by atoms with Crippen LogP contribution < -0.4 is 10.6 Å². The number of hydrogen-bond acceptors (Lipinski definition) is 2. The molecule has 0 saturated heterocycles. The molecule has 2 nitrogen and oxygen atoms in total. The summed E-state index contributed by atoms with van der Waals surface area (Å²) in [6, 6.07) is 11.0. The second-order valence-corrected chi connectivity index (χ2v) is 4.99. The lowest BCUT2D eigenvalue weighted by atomic mass is 10.1. The Kier molecular flexibility index (Phi) is 4.35. The Morgan fingerprint density at radius 3 is 2.55 bits per heavy atom. The third-order valence-electron chi connectivity index (χ3n) is 3.27. The van der Waals surface area contributed by atoms with E-state index < -0.39 is 17.7 Å². The van der Waals surface area contributed by atoms with Gasteiger partial charge in [0.05, 0.1) is 6.04 Å². The van der Waals surface area contributed by atoms with Crippen LogP contribution in [-0.2, 0) is 0 Å². The third-order valence-corrected chi connectivity index (χ3v) is 3.27. The SMILES string of the molecule is Cc1cccc(N(C)CC(N)c2ccc(F)cc2F)c1. The van der Waals surface area contributed by atoms with Gasteiger partial charge in [-0.15, -0.1) is 0 Å². The van der Waals surface area contributed by atoms with E-state index in [9.17, 15) is 8.78 Å². The van der Waals surface area contributed by atoms with E-state index in [0.29, 0.717) is 12.1 Å². The molecule has 1 unspecified atom stereocenters. The van der Waals surface area contributed by atoms with Gasteiger partial charge in [-0.05, 0) is 30.7 Å². The number of nitrogens with two attached hydrogens (primary N) is 1. The van der Waals surface area contributed by atoms with Gasteiger partial charge in [-0.25, -0.2) is 8.78 Å². The summed E-state index contributed by atoms with van der Waals surface area (Å²) in [5.74, 6) is -1.19. The van der Waals surface area contributed by atoms with Crippen LogP contribution >= 0.6 is 0 Å². The lowest BCUT2D eigenvalue weighted by Crippen LogP contribution is -2.29. The van der Waals surface area contributed by atoms with Crippen molar-refractivity contribution in [3.05, 3.63) is 65.2 Å². The monoisotopic (exact) mass is 276 g/mol. The van der Waals surface area contributed by atoms with Crippen LogP contribution in [0.25, 0.3) is 0 Å². The van der Waals surface area contributed by atoms with Crippen molar-refractivity contribution in [2.45, 2.75) is 13.0 Å². The summed E-state index contributed by atoms with van der Waals surface area (Å²) in [4.78, 5) is 1.96. The van der Waals surface area contributed by atoms with Gasteiger partial charge in [0.2, 0.25) is 0 Å². The maximum absolute atomic E-state index is 13.7. The summed E-state index contributed by atoms with van der Waals surface area (Å²) in [6.45, 7) is 2.46. The number of nitrogens with zero attached hydrogens (tertiary/aromatic N) is 1. The largest absolute Gasteiger partial charge is 0.373 e. The molecule has 20 heavy (non-hydrogen) atoms. The summed E-state index contributed by atoms with van der Waals surface area (Å²) in [5.41, 5.74) is 8.51. The minimum atomic E-state index is -0.602. The average Bonchev–Trinajstić information content (AvgIpc) is 2.38. The first-order chi connectivity index (χ1) is 9.47. The highest BCUT2D eigenvalue weighted by Crippen LogP contribution is 2.20. The Morgan fingerprint density at radius 2 is 1.90 bits per heavy atom. The molecule has 0 spiro atoms. The van der Waals surface area contributed by atoms with Gasteiger partial charge in [-0.3, -0.25) is 0 Å². The highest BCUT2D eigenvalue weighted by atomic mass is 19.1. The predicted octanol–water partition coefficient (Wildman–Crippen LogP) is 3.41. The number of halogens is 2. The van der Waals surface area contributed by atoms with Crippen molar-refractivity contribution in [1.29, 1.82) is 0 Å². The Labute approximate surface area is 117 Å². The van der Waals surface area contributed by atoms with Crippen molar-refractivity contribution in [3.63, 3.8) is 0 Å². The molecule has 0 radical (unpaired) electrons. The fourth-order valence-electron chi connectivity index (χ4n) is 2.17. The molecule has 106 valence electrons. The molecular weight excluding hydrogens is 258 g/mol. The van der Waals surface area contributed by atoms with E-state index in [-0.39, 0.29) is 0 Å². The van der Waals surface area contributed by atoms with Crippen LogP contribution in [0.3, 0.4) is 0 Å². The molecule has 0 bridgehead atoms. The maximum atomic E-state index is 13.7. The van der Waals surface area contributed by atoms with E-state index in [4.69, 9.17) is 5.73 Å². The zero-order valence-electron chi connectivity index (χ0n) is 11.6. The number of rotatable bonds is 4. The van der Waals surface area contributed by atoms with E-state index in [0.717, 1.165) is 17.3 Å². The number of anilines is 1. The summed E-state index contributed by atoms with van der Waals surface area (Å²) >= 11 is 0. The van der Waals surface area contributed by atoms with Crippen LogP contribution in [0.5, 0.6) is 0 Å². The zero-order valence-corrected chi connectivity index (χ0v) is 11.6. The first kappa shape index (κ1) is 14.5. The molecular formula is C16H18F2N2. The van der Waals surface area contributed by atoms with Crippen molar-refractivity contribution in [2.75, 3.05) is 18.5 Å². The Morgan fingerprint density at radius 1 is 1.15 bits per heavy atom. The summed E-state index contributed by atoms with van der Waals surface area (Å²) in [7, 11) is 1.90. The lowest BCUT2D eigenvalue weighted by Gasteiger charge is -2.24. The van der Waals surface area contributed by atoms with Gasteiger partial charge >= 0.3 is 0 Å². The molecule has 4 heteroatoms. The number of benzene rings is 2. The van der Waals surface area contributed by atoms with Crippen LogP contribution in [0.2, 0.25) is 0 Å². The molecule has 0 amide bonds. The van der Waals surface area contributed by atoms with Crippen LogP contribution in [0, 0.1) is 18.6 Å². The molecule has 0 saturated carbocycles. The molecule has 0 aliphatic carbocycles. The fraction of sp³-hybridized carbons (Fsp3) is 0.250. The topological polar surface area (TPSA) is 29.3 Å². The zero-order chi connectivity index (χ0) is 14.7. The minimum Gasteiger partial charge on any atom is -0.373 e. The van der Waals surface area contributed by atoms with Crippen molar-refractivity contribution < 1.29 is 8.78 Å². The second kappa shape index (κ2) is 6.01. The van der Waals surface area contributed by atoms with Gasteiger partial charge in [0.25, 0.3) is 0 Å².